The molecule has 0 bridgehead atoms. The summed E-state index contributed by atoms with van der Waals surface area (Å²) in [5.74, 6) is 1.61. The van der Waals surface area contributed by atoms with Gasteiger partial charge < -0.3 is 19.9 Å². The summed E-state index contributed by atoms with van der Waals surface area (Å²) in [5, 5.41) is 3.07. The molecule has 2 aromatic heterocycles. The molecule has 2 fully saturated rings. The summed E-state index contributed by atoms with van der Waals surface area (Å²) in [6.07, 6.45) is 7.23. The van der Waals surface area contributed by atoms with Crippen LogP contribution < -0.4 is 15.1 Å². The number of pyridine rings is 2. The van der Waals surface area contributed by atoms with Crippen LogP contribution in [0.5, 0.6) is 0 Å². The number of hydrogen-bond acceptors (Lipinski definition) is 6. The van der Waals surface area contributed by atoms with Crippen molar-refractivity contribution in [1.29, 1.82) is 0 Å². The fourth-order valence-corrected chi connectivity index (χ4v) is 3.83. The molecule has 1 amide bonds. The first kappa shape index (κ1) is 18.7. The predicted octanol–water partition coefficient (Wildman–Crippen LogP) is 2.23. The number of nitrogens with one attached hydrogen (secondary N) is 1. The molecule has 0 saturated carbocycles. The minimum Gasteiger partial charge on any atom is -0.378 e. The SMILES string of the molecule is O=C(NCc1cccnc1N1CCCCC1)c1cccnc1N1CCOCC1. The van der Waals surface area contributed by atoms with Crippen LogP contribution in [-0.2, 0) is 11.3 Å². The predicted molar refractivity (Wildman–Crippen MR) is 109 cm³/mol. The van der Waals surface area contributed by atoms with E-state index in [1.165, 1.54) is 19.3 Å². The highest BCUT2D eigenvalue weighted by Gasteiger charge is 2.21. The summed E-state index contributed by atoms with van der Waals surface area (Å²) < 4.78 is 5.42. The van der Waals surface area contributed by atoms with Gasteiger partial charge in [-0.3, -0.25) is 4.79 Å². The van der Waals surface area contributed by atoms with Crippen LogP contribution in [0.2, 0.25) is 0 Å². The van der Waals surface area contributed by atoms with Gasteiger partial charge >= 0.3 is 0 Å². The van der Waals surface area contributed by atoms with E-state index in [9.17, 15) is 4.79 Å². The first-order valence-corrected chi connectivity index (χ1v) is 10.1. The highest BCUT2D eigenvalue weighted by Crippen LogP contribution is 2.22. The molecule has 0 radical (unpaired) electrons. The number of rotatable bonds is 5. The normalized spacial score (nSPS) is 17.4. The lowest BCUT2D eigenvalue weighted by Gasteiger charge is -2.30. The zero-order chi connectivity index (χ0) is 19.2. The van der Waals surface area contributed by atoms with Gasteiger partial charge in [-0.05, 0) is 37.5 Å². The molecule has 0 atom stereocenters. The first-order chi connectivity index (χ1) is 13.8. The number of morpholine rings is 1. The zero-order valence-corrected chi connectivity index (χ0v) is 16.1. The van der Waals surface area contributed by atoms with E-state index in [-0.39, 0.29) is 5.91 Å². The van der Waals surface area contributed by atoms with Gasteiger partial charge in [0.25, 0.3) is 5.91 Å². The van der Waals surface area contributed by atoms with Crippen molar-refractivity contribution in [2.75, 3.05) is 49.2 Å². The first-order valence-electron chi connectivity index (χ1n) is 10.1. The number of aromatic nitrogens is 2. The summed E-state index contributed by atoms with van der Waals surface area (Å²) in [7, 11) is 0. The summed E-state index contributed by atoms with van der Waals surface area (Å²) >= 11 is 0. The number of carbonyl (C=O) groups is 1. The summed E-state index contributed by atoms with van der Waals surface area (Å²) in [4.78, 5) is 26.4. The third kappa shape index (κ3) is 4.25. The lowest BCUT2D eigenvalue weighted by Crippen LogP contribution is -2.38. The van der Waals surface area contributed by atoms with Gasteiger partial charge in [0.1, 0.15) is 11.6 Å². The average Bonchev–Trinajstić information content (AvgIpc) is 2.79. The Morgan fingerprint density at radius 2 is 1.61 bits per heavy atom. The van der Waals surface area contributed by atoms with Crippen molar-refractivity contribution in [3.05, 3.63) is 47.8 Å². The van der Waals surface area contributed by atoms with Crippen LogP contribution >= 0.6 is 0 Å². The largest absolute Gasteiger partial charge is 0.378 e. The van der Waals surface area contributed by atoms with Gasteiger partial charge in [-0.1, -0.05) is 6.07 Å². The lowest BCUT2D eigenvalue weighted by atomic mass is 10.1. The maximum absolute atomic E-state index is 12.9. The molecule has 1 N–H and O–H groups in total. The minimum atomic E-state index is -0.108. The highest BCUT2D eigenvalue weighted by molar-refractivity contribution is 5.98. The second-order valence-electron chi connectivity index (χ2n) is 7.19. The maximum Gasteiger partial charge on any atom is 0.255 e. The number of carbonyl (C=O) groups excluding carboxylic acids is 1. The second-order valence-corrected chi connectivity index (χ2v) is 7.19. The molecule has 2 aromatic rings. The van der Waals surface area contributed by atoms with E-state index in [0.29, 0.717) is 25.3 Å². The van der Waals surface area contributed by atoms with E-state index in [4.69, 9.17) is 4.74 Å². The number of anilines is 2. The van der Waals surface area contributed by atoms with Crippen LogP contribution in [0.4, 0.5) is 11.6 Å². The van der Waals surface area contributed by atoms with Crippen LogP contribution in [0.3, 0.4) is 0 Å². The molecule has 2 aliphatic heterocycles. The van der Waals surface area contributed by atoms with Crippen LogP contribution in [-0.4, -0.2) is 55.3 Å². The molecule has 2 aliphatic rings. The van der Waals surface area contributed by atoms with Crippen molar-refractivity contribution in [3.8, 4) is 0 Å². The Hall–Kier alpha value is -2.67. The monoisotopic (exact) mass is 381 g/mol. The van der Waals surface area contributed by atoms with Gasteiger partial charge in [-0.15, -0.1) is 0 Å². The number of nitrogens with zero attached hydrogens (tertiary/aromatic N) is 4. The molecule has 2 saturated heterocycles. The Kier molecular flexibility index (Phi) is 6.01. The van der Waals surface area contributed by atoms with Crippen LogP contribution in [0.15, 0.2) is 36.7 Å². The minimum absolute atomic E-state index is 0.108. The van der Waals surface area contributed by atoms with Crippen molar-refractivity contribution < 1.29 is 9.53 Å². The molecule has 0 aromatic carbocycles. The van der Waals surface area contributed by atoms with E-state index in [1.54, 1.807) is 6.20 Å². The van der Waals surface area contributed by atoms with E-state index >= 15 is 0 Å². The third-order valence-electron chi connectivity index (χ3n) is 5.30. The van der Waals surface area contributed by atoms with Crippen LogP contribution in [0.1, 0.15) is 35.2 Å². The quantitative estimate of drug-likeness (QED) is 0.857. The Morgan fingerprint density at radius 3 is 2.39 bits per heavy atom. The van der Waals surface area contributed by atoms with E-state index < -0.39 is 0 Å². The Labute approximate surface area is 165 Å². The summed E-state index contributed by atoms with van der Waals surface area (Å²) in [6.45, 7) is 5.33. The zero-order valence-electron chi connectivity index (χ0n) is 16.1. The van der Waals surface area contributed by atoms with Gasteiger partial charge in [0.2, 0.25) is 0 Å². The number of piperidine rings is 1. The van der Waals surface area contributed by atoms with Gasteiger partial charge in [-0.25, -0.2) is 9.97 Å². The average molecular weight is 381 g/mol. The summed E-state index contributed by atoms with van der Waals surface area (Å²) in [5.41, 5.74) is 1.65. The van der Waals surface area contributed by atoms with Crippen molar-refractivity contribution in [3.63, 3.8) is 0 Å². The fourth-order valence-electron chi connectivity index (χ4n) is 3.83. The second kappa shape index (κ2) is 9.01. The molecule has 0 aliphatic carbocycles. The van der Waals surface area contributed by atoms with Crippen molar-refractivity contribution in [1.82, 2.24) is 15.3 Å². The molecule has 4 heterocycles. The Morgan fingerprint density at radius 1 is 0.929 bits per heavy atom. The third-order valence-corrected chi connectivity index (χ3v) is 5.30. The molecule has 148 valence electrons. The van der Waals surface area contributed by atoms with E-state index in [2.05, 4.69) is 25.1 Å². The standard InChI is InChI=1S/C21H27N5O2/c27-21(18-7-5-9-23-20(18)26-12-14-28-15-13-26)24-16-17-6-4-8-22-19(17)25-10-2-1-3-11-25/h4-9H,1-3,10-16H2,(H,24,27). The van der Waals surface area contributed by atoms with E-state index in [1.807, 2.05) is 30.5 Å². The Bertz CT molecular complexity index is 801. The van der Waals surface area contributed by atoms with Gasteiger partial charge in [0.15, 0.2) is 0 Å². The van der Waals surface area contributed by atoms with Crippen molar-refractivity contribution in [2.24, 2.45) is 0 Å². The molecule has 7 heteroatoms. The van der Waals surface area contributed by atoms with Crippen molar-refractivity contribution in [2.45, 2.75) is 25.8 Å². The molecular formula is C21H27N5O2. The topological polar surface area (TPSA) is 70.6 Å². The molecule has 4 rings (SSSR count). The number of hydrogen-bond donors (Lipinski definition) is 1. The maximum atomic E-state index is 12.9. The molecule has 0 unspecified atom stereocenters. The lowest BCUT2D eigenvalue weighted by molar-refractivity contribution is 0.0949. The Balaban J connectivity index is 1.47. The fraction of sp³-hybridized carbons (Fsp3) is 0.476. The smallest absolute Gasteiger partial charge is 0.255 e. The van der Waals surface area contributed by atoms with Crippen LogP contribution in [0, 0.1) is 0 Å². The van der Waals surface area contributed by atoms with Crippen LogP contribution in [0.25, 0.3) is 0 Å². The molecule has 7 nitrogen and oxygen atoms in total. The van der Waals surface area contributed by atoms with Gasteiger partial charge in [0, 0.05) is 50.7 Å². The molecule has 28 heavy (non-hydrogen) atoms. The van der Waals surface area contributed by atoms with Gasteiger partial charge in [0.05, 0.1) is 18.8 Å². The number of ether oxygens (including phenoxy) is 1. The highest BCUT2D eigenvalue weighted by atomic mass is 16.5. The molecule has 0 spiro atoms. The van der Waals surface area contributed by atoms with Crippen molar-refractivity contribution >= 4 is 17.5 Å². The summed E-state index contributed by atoms with van der Waals surface area (Å²) in [6, 6.07) is 7.62. The van der Waals surface area contributed by atoms with E-state index in [0.717, 1.165) is 43.4 Å². The van der Waals surface area contributed by atoms with Gasteiger partial charge in [-0.2, -0.15) is 0 Å². The molecular weight excluding hydrogens is 354 g/mol. The number of amides is 1.